The zero-order valence-corrected chi connectivity index (χ0v) is 9.63. The summed E-state index contributed by atoms with van der Waals surface area (Å²) in [6.45, 7) is 0. The minimum atomic E-state index is -1.64. The Bertz CT molecular complexity index is 394. The van der Waals surface area contributed by atoms with Crippen LogP contribution in [0.2, 0.25) is 5.02 Å². The highest BCUT2D eigenvalue weighted by atomic mass is 35.5. The molecule has 0 saturated heterocycles. The quantitative estimate of drug-likeness (QED) is 0.493. The molecule has 0 spiro atoms. The van der Waals surface area contributed by atoms with Crippen molar-refractivity contribution < 1.29 is 19.5 Å². The second-order valence-corrected chi connectivity index (χ2v) is 3.56. The molecule has 0 bridgehead atoms. The SMILES string of the molecule is COC(=O)C(O)C(ON=O)c1ccc(Cl)cc1. The highest BCUT2D eigenvalue weighted by Crippen LogP contribution is 2.24. The third kappa shape index (κ3) is 3.40. The van der Waals surface area contributed by atoms with Crippen LogP contribution < -0.4 is 0 Å². The van der Waals surface area contributed by atoms with Crippen molar-refractivity contribution in [3.8, 4) is 0 Å². The van der Waals surface area contributed by atoms with Gasteiger partial charge in [0.05, 0.1) is 7.11 Å². The highest BCUT2D eigenvalue weighted by Gasteiger charge is 2.31. The summed E-state index contributed by atoms with van der Waals surface area (Å²) < 4.78 is 4.35. The Labute approximate surface area is 102 Å². The minimum absolute atomic E-state index is 0.381. The van der Waals surface area contributed by atoms with Crippen molar-refractivity contribution in [2.75, 3.05) is 7.11 Å². The molecular formula is C10H10ClNO5. The molecule has 1 aromatic carbocycles. The van der Waals surface area contributed by atoms with Crippen molar-refractivity contribution >= 4 is 17.6 Å². The summed E-state index contributed by atoms with van der Waals surface area (Å²) in [5.74, 6) is -0.923. The van der Waals surface area contributed by atoms with Crippen molar-refractivity contribution in [2.24, 2.45) is 5.34 Å². The third-order valence-corrected chi connectivity index (χ3v) is 2.34. The number of aliphatic hydroxyl groups excluding tert-OH is 1. The van der Waals surface area contributed by atoms with Crippen molar-refractivity contribution in [3.05, 3.63) is 39.8 Å². The zero-order chi connectivity index (χ0) is 12.8. The molecule has 1 N–H and O–H groups in total. The maximum Gasteiger partial charge on any atom is 0.339 e. The molecule has 2 atom stereocenters. The van der Waals surface area contributed by atoms with Gasteiger partial charge < -0.3 is 14.7 Å². The molecular weight excluding hydrogens is 250 g/mol. The molecule has 1 rings (SSSR count). The molecule has 1 aromatic rings. The Kier molecular flexibility index (Phi) is 4.86. The number of benzene rings is 1. The lowest BCUT2D eigenvalue weighted by atomic mass is 10.0. The van der Waals surface area contributed by atoms with Gasteiger partial charge in [-0.25, -0.2) is 4.79 Å². The van der Waals surface area contributed by atoms with Gasteiger partial charge in [-0.2, -0.15) is 0 Å². The normalized spacial score (nSPS) is 13.6. The number of aliphatic hydroxyl groups is 1. The van der Waals surface area contributed by atoms with Gasteiger partial charge in [0, 0.05) is 5.02 Å². The summed E-state index contributed by atoms with van der Waals surface area (Å²) in [6, 6.07) is 6.07. The van der Waals surface area contributed by atoms with Crippen LogP contribution in [-0.2, 0) is 14.4 Å². The van der Waals surface area contributed by atoms with E-state index in [0.29, 0.717) is 10.6 Å². The minimum Gasteiger partial charge on any atom is -0.467 e. The maximum atomic E-state index is 11.1. The Balaban J connectivity index is 2.95. The second-order valence-electron chi connectivity index (χ2n) is 3.12. The summed E-state index contributed by atoms with van der Waals surface area (Å²) in [7, 11) is 1.11. The number of nitrogens with zero attached hydrogens (tertiary/aromatic N) is 1. The molecule has 0 heterocycles. The van der Waals surface area contributed by atoms with Crippen LogP contribution in [0, 0.1) is 4.91 Å². The first-order chi connectivity index (χ1) is 8.10. The van der Waals surface area contributed by atoms with Gasteiger partial charge in [-0.05, 0) is 17.7 Å². The molecule has 17 heavy (non-hydrogen) atoms. The van der Waals surface area contributed by atoms with E-state index < -0.39 is 18.2 Å². The lowest BCUT2D eigenvalue weighted by Gasteiger charge is -2.17. The number of hydrogen-bond acceptors (Lipinski definition) is 6. The average molecular weight is 260 g/mol. The van der Waals surface area contributed by atoms with Crippen molar-refractivity contribution in [2.45, 2.75) is 12.2 Å². The number of carbonyl (C=O) groups excluding carboxylic acids is 1. The van der Waals surface area contributed by atoms with Crippen LogP contribution in [0.5, 0.6) is 0 Å². The third-order valence-electron chi connectivity index (χ3n) is 2.08. The number of halogens is 1. The predicted molar refractivity (Wildman–Crippen MR) is 59.1 cm³/mol. The van der Waals surface area contributed by atoms with Gasteiger partial charge in [0.15, 0.2) is 17.5 Å². The smallest absolute Gasteiger partial charge is 0.339 e. The summed E-state index contributed by atoms with van der Waals surface area (Å²) in [6.07, 6.45) is -2.86. The molecule has 0 radical (unpaired) electrons. The summed E-state index contributed by atoms with van der Waals surface area (Å²) >= 11 is 5.68. The summed E-state index contributed by atoms with van der Waals surface area (Å²) in [5, 5.41) is 12.3. The van der Waals surface area contributed by atoms with Crippen molar-refractivity contribution in [3.63, 3.8) is 0 Å². The largest absolute Gasteiger partial charge is 0.467 e. The topological polar surface area (TPSA) is 85.2 Å². The summed E-state index contributed by atoms with van der Waals surface area (Å²) in [5.41, 5.74) is 0.381. The molecule has 0 aliphatic rings. The first-order valence-electron chi connectivity index (χ1n) is 4.60. The number of hydrogen-bond donors (Lipinski definition) is 1. The van der Waals surface area contributed by atoms with Crippen LogP contribution in [0.15, 0.2) is 29.6 Å². The second kappa shape index (κ2) is 6.17. The Morgan fingerprint density at radius 2 is 2.00 bits per heavy atom. The van der Waals surface area contributed by atoms with E-state index in [1.165, 1.54) is 24.3 Å². The number of carbonyl (C=O) groups is 1. The molecule has 2 unspecified atom stereocenters. The molecule has 0 amide bonds. The Hall–Kier alpha value is -1.66. The van der Waals surface area contributed by atoms with Gasteiger partial charge >= 0.3 is 5.97 Å². The van der Waals surface area contributed by atoms with Crippen molar-refractivity contribution in [1.29, 1.82) is 0 Å². The maximum absolute atomic E-state index is 11.1. The fourth-order valence-corrected chi connectivity index (χ4v) is 1.37. The standard InChI is InChI=1S/C10H10ClNO5/c1-16-10(14)8(13)9(17-12-15)6-2-4-7(11)5-3-6/h2-5,8-9,13H,1H3. The van der Waals surface area contributed by atoms with Crippen molar-refractivity contribution in [1.82, 2.24) is 0 Å². The van der Waals surface area contributed by atoms with E-state index in [-0.39, 0.29) is 0 Å². The van der Waals surface area contributed by atoms with Crippen LogP contribution in [0.3, 0.4) is 0 Å². The van der Waals surface area contributed by atoms with Crippen LogP contribution in [-0.4, -0.2) is 24.3 Å². The highest BCUT2D eigenvalue weighted by molar-refractivity contribution is 6.30. The van der Waals surface area contributed by atoms with E-state index in [9.17, 15) is 14.8 Å². The lowest BCUT2D eigenvalue weighted by Crippen LogP contribution is -2.30. The number of rotatable bonds is 5. The van der Waals surface area contributed by atoms with E-state index in [1.54, 1.807) is 0 Å². The molecule has 0 aromatic heterocycles. The first kappa shape index (κ1) is 13.4. The monoisotopic (exact) mass is 259 g/mol. The predicted octanol–water partition coefficient (Wildman–Crippen LogP) is 1.61. The van der Waals surface area contributed by atoms with E-state index in [1.807, 2.05) is 0 Å². The van der Waals surface area contributed by atoms with Gasteiger partial charge in [0.25, 0.3) is 0 Å². The lowest BCUT2D eigenvalue weighted by molar-refractivity contribution is -0.160. The van der Waals surface area contributed by atoms with Crippen LogP contribution in [0.4, 0.5) is 0 Å². The average Bonchev–Trinajstić information content (AvgIpc) is 2.35. The van der Waals surface area contributed by atoms with Crippen LogP contribution in [0.1, 0.15) is 11.7 Å². The summed E-state index contributed by atoms with van der Waals surface area (Å²) in [4.78, 5) is 25.7. The van der Waals surface area contributed by atoms with Gasteiger partial charge in [-0.1, -0.05) is 23.7 Å². The molecule has 0 fully saturated rings. The first-order valence-corrected chi connectivity index (χ1v) is 4.97. The molecule has 6 nitrogen and oxygen atoms in total. The van der Waals surface area contributed by atoms with Gasteiger partial charge in [0.2, 0.25) is 0 Å². The van der Waals surface area contributed by atoms with Crippen LogP contribution in [0.25, 0.3) is 0 Å². The van der Waals surface area contributed by atoms with Crippen LogP contribution >= 0.6 is 11.6 Å². The van der Waals surface area contributed by atoms with E-state index in [0.717, 1.165) is 7.11 Å². The van der Waals surface area contributed by atoms with E-state index in [4.69, 9.17) is 11.6 Å². The van der Waals surface area contributed by atoms with E-state index >= 15 is 0 Å². The number of ether oxygens (including phenoxy) is 1. The van der Waals surface area contributed by atoms with E-state index in [2.05, 4.69) is 14.9 Å². The number of esters is 1. The molecule has 0 aliphatic heterocycles. The van der Waals surface area contributed by atoms with Gasteiger partial charge in [-0.3, -0.25) is 0 Å². The Morgan fingerprint density at radius 3 is 2.47 bits per heavy atom. The fourth-order valence-electron chi connectivity index (χ4n) is 1.24. The molecule has 0 saturated carbocycles. The molecule has 7 heteroatoms. The zero-order valence-electron chi connectivity index (χ0n) is 8.87. The molecule has 0 aliphatic carbocycles. The fraction of sp³-hybridized carbons (Fsp3) is 0.300. The van der Waals surface area contributed by atoms with Gasteiger partial charge in [0.1, 0.15) is 0 Å². The number of methoxy groups -OCH3 is 1. The molecule has 92 valence electrons. The van der Waals surface area contributed by atoms with Gasteiger partial charge in [-0.15, -0.1) is 4.91 Å². The Morgan fingerprint density at radius 1 is 1.41 bits per heavy atom.